The van der Waals surface area contributed by atoms with E-state index in [0.29, 0.717) is 5.54 Å². The number of aromatic nitrogens is 2. The standard InChI is InChI=1S/C13H18N4/c1-3-17-8-11(1)5-13(17)2-4-16(9-13)12-6-14-10-15-7-12/h6-7,10-11H,1-5,8-9H2/t11-,13+/m1/s1. The average Bonchev–Trinajstić information content (AvgIpc) is 3.06. The molecule has 1 aromatic heterocycles. The van der Waals surface area contributed by atoms with Crippen LogP contribution in [0.2, 0.25) is 0 Å². The van der Waals surface area contributed by atoms with Gasteiger partial charge in [-0.15, -0.1) is 0 Å². The van der Waals surface area contributed by atoms with Crippen molar-refractivity contribution >= 4 is 5.69 Å². The van der Waals surface area contributed by atoms with Gasteiger partial charge in [-0.2, -0.15) is 0 Å². The highest BCUT2D eigenvalue weighted by atomic mass is 15.3. The van der Waals surface area contributed by atoms with Crippen molar-refractivity contribution in [1.82, 2.24) is 14.9 Å². The van der Waals surface area contributed by atoms with E-state index in [1.807, 2.05) is 12.4 Å². The lowest BCUT2D eigenvalue weighted by molar-refractivity contribution is 0.155. The molecule has 0 aromatic carbocycles. The maximum absolute atomic E-state index is 4.13. The van der Waals surface area contributed by atoms with Gasteiger partial charge in [0.05, 0.1) is 18.1 Å². The highest BCUT2D eigenvalue weighted by Gasteiger charge is 2.52. The second kappa shape index (κ2) is 3.42. The Morgan fingerprint density at radius 1 is 1.24 bits per heavy atom. The predicted molar refractivity (Wildman–Crippen MR) is 65.9 cm³/mol. The van der Waals surface area contributed by atoms with Gasteiger partial charge in [0, 0.05) is 25.2 Å². The lowest BCUT2D eigenvalue weighted by atomic mass is 9.87. The van der Waals surface area contributed by atoms with Crippen molar-refractivity contribution < 1.29 is 0 Å². The number of anilines is 1. The maximum Gasteiger partial charge on any atom is 0.115 e. The molecule has 3 atom stereocenters. The lowest BCUT2D eigenvalue weighted by Crippen LogP contribution is -2.46. The molecule has 0 saturated carbocycles. The normalized spacial score (nSPS) is 39.4. The Kier molecular flexibility index (Phi) is 1.98. The van der Waals surface area contributed by atoms with Gasteiger partial charge in [0.2, 0.25) is 0 Å². The van der Waals surface area contributed by atoms with E-state index in [-0.39, 0.29) is 0 Å². The average molecular weight is 230 g/mol. The summed E-state index contributed by atoms with van der Waals surface area (Å²) in [6, 6.07) is 0. The van der Waals surface area contributed by atoms with Gasteiger partial charge in [-0.1, -0.05) is 0 Å². The highest BCUT2D eigenvalue weighted by molar-refractivity contribution is 5.44. The molecule has 3 fully saturated rings. The molecule has 1 aromatic rings. The van der Waals surface area contributed by atoms with Crippen LogP contribution < -0.4 is 4.90 Å². The van der Waals surface area contributed by atoms with Crippen molar-refractivity contribution in [3.63, 3.8) is 0 Å². The summed E-state index contributed by atoms with van der Waals surface area (Å²) in [5.41, 5.74) is 1.67. The zero-order chi connectivity index (χ0) is 11.3. The first-order valence-electron chi connectivity index (χ1n) is 6.61. The molecule has 3 saturated heterocycles. The largest absolute Gasteiger partial charge is 0.367 e. The fourth-order valence-corrected chi connectivity index (χ4v) is 4.05. The number of rotatable bonds is 1. The molecular formula is C13H18N4. The first kappa shape index (κ1) is 9.83. The first-order valence-corrected chi connectivity index (χ1v) is 6.61. The van der Waals surface area contributed by atoms with Crippen LogP contribution in [-0.2, 0) is 0 Å². The number of piperidine rings is 1. The molecule has 4 heteroatoms. The van der Waals surface area contributed by atoms with Crippen molar-refractivity contribution in [2.45, 2.75) is 24.8 Å². The Balaban J connectivity index is 1.57. The van der Waals surface area contributed by atoms with Gasteiger partial charge in [0.15, 0.2) is 0 Å². The minimum atomic E-state index is 0.485. The van der Waals surface area contributed by atoms with E-state index in [9.17, 15) is 0 Å². The number of hydrogen-bond acceptors (Lipinski definition) is 4. The van der Waals surface area contributed by atoms with Crippen molar-refractivity contribution in [3.8, 4) is 0 Å². The smallest absolute Gasteiger partial charge is 0.115 e. The molecule has 3 aliphatic heterocycles. The summed E-state index contributed by atoms with van der Waals surface area (Å²) >= 11 is 0. The number of nitrogens with zero attached hydrogens (tertiary/aromatic N) is 4. The Morgan fingerprint density at radius 2 is 2.12 bits per heavy atom. The van der Waals surface area contributed by atoms with Crippen LogP contribution in [-0.4, -0.2) is 46.6 Å². The van der Waals surface area contributed by atoms with Crippen molar-refractivity contribution in [3.05, 3.63) is 18.7 Å². The molecule has 17 heavy (non-hydrogen) atoms. The second-order valence-electron chi connectivity index (χ2n) is 5.80. The van der Waals surface area contributed by atoms with Gasteiger partial charge >= 0.3 is 0 Å². The van der Waals surface area contributed by atoms with Gasteiger partial charge in [0.25, 0.3) is 0 Å². The molecule has 0 radical (unpaired) electrons. The molecule has 3 aliphatic rings. The molecule has 1 unspecified atom stereocenters. The predicted octanol–water partition coefficient (Wildman–Crippen LogP) is 1.15. The van der Waals surface area contributed by atoms with E-state index in [2.05, 4.69) is 19.8 Å². The van der Waals surface area contributed by atoms with E-state index < -0.39 is 0 Å². The maximum atomic E-state index is 4.13. The molecular weight excluding hydrogens is 212 g/mol. The topological polar surface area (TPSA) is 32.3 Å². The Labute approximate surface area is 102 Å². The van der Waals surface area contributed by atoms with Crippen LogP contribution >= 0.6 is 0 Å². The van der Waals surface area contributed by atoms with Gasteiger partial charge < -0.3 is 4.90 Å². The second-order valence-corrected chi connectivity index (χ2v) is 5.80. The molecule has 90 valence electrons. The van der Waals surface area contributed by atoms with E-state index >= 15 is 0 Å². The summed E-state index contributed by atoms with van der Waals surface area (Å²) in [6.45, 7) is 5.01. The minimum absolute atomic E-state index is 0.485. The molecule has 4 heterocycles. The van der Waals surface area contributed by atoms with Crippen molar-refractivity contribution in [1.29, 1.82) is 0 Å². The van der Waals surface area contributed by atoms with Gasteiger partial charge in [-0.05, 0) is 31.7 Å². The van der Waals surface area contributed by atoms with Crippen LogP contribution in [0.4, 0.5) is 5.69 Å². The number of fused-ring (bicyclic) bond motifs is 3. The molecule has 0 aliphatic carbocycles. The lowest BCUT2D eigenvalue weighted by Gasteiger charge is -2.36. The zero-order valence-corrected chi connectivity index (χ0v) is 10.0. The van der Waals surface area contributed by atoms with E-state index in [4.69, 9.17) is 0 Å². The van der Waals surface area contributed by atoms with Crippen LogP contribution in [0, 0.1) is 5.92 Å². The molecule has 4 rings (SSSR count). The van der Waals surface area contributed by atoms with E-state index in [1.165, 1.54) is 44.6 Å². The molecule has 2 bridgehead atoms. The minimum Gasteiger partial charge on any atom is -0.367 e. The molecule has 4 nitrogen and oxygen atoms in total. The van der Waals surface area contributed by atoms with Gasteiger partial charge in [-0.25, -0.2) is 9.97 Å². The van der Waals surface area contributed by atoms with Crippen molar-refractivity contribution in [2.24, 2.45) is 5.92 Å². The van der Waals surface area contributed by atoms with E-state index in [1.54, 1.807) is 6.33 Å². The van der Waals surface area contributed by atoms with Gasteiger partial charge in [0.1, 0.15) is 6.33 Å². The fourth-order valence-electron chi connectivity index (χ4n) is 4.05. The van der Waals surface area contributed by atoms with Crippen molar-refractivity contribution in [2.75, 3.05) is 31.1 Å². The first-order chi connectivity index (χ1) is 8.36. The zero-order valence-electron chi connectivity index (χ0n) is 10.0. The monoisotopic (exact) mass is 230 g/mol. The van der Waals surface area contributed by atoms with E-state index in [0.717, 1.165) is 12.5 Å². The Morgan fingerprint density at radius 3 is 2.82 bits per heavy atom. The van der Waals surface area contributed by atoms with Crippen LogP contribution in [0.25, 0.3) is 0 Å². The number of hydrogen-bond donors (Lipinski definition) is 0. The summed E-state index contributed by atoms with van der Waals surface area (Å²) in [5, 5.41) is 0. The highest BCUT2D eigenvalue weighted by Crippen LogP contribution is 2.46. The third-order valence-electron chi connectivity index (χ3n) is 4.87. The van der Waals surface area contributed by atoms with Crippen LogP contribution in [0.15, 0.2) is 18.7 Å². The third kappa shape index (κ3) is 1.40. The third-order valence-corrected chi connectivity index (χ3v) is 4.87. The molecule has 0 N–H and O–H groups in total. The summed E-state index contributed by atoms with van der Waals surface area (Å²) in [4.78, 5) is 13.4. The molecule has 0 amide bonds. The SMILES string of the molecule is c1ncc(N2CC[C@]3(C[C@H]4CCN3C4)C2)cn1. The van der Waals surface area contributed by atoms with Crippen LogP contribution in [0.5, 0.6) is 0 Å². The molecule has 1 spiro atoms. The van der Waals surface area contributed by atoms with Gasteiger partial charge in [-0.3, -0.25) is 4.90 Å². The summed E-state index contributed by atoms with van der Waals surface area (Å²) in [6.07, 6.45) is 9.64. The summed E-state index contributed by atoms with van der Waals surface area (Å²) in [5.74, 6) is 0.974. The Hall–Kier alpha value is -1.16. The quantitative estimate of drug-likeness (QED) is 0.724. The Bertz CT molecular complexity index is 421. The fraction of sp³-hybridized carbons (Fsp3) is 0.692. The summed E-state index contributed by atoms with van der Waals surface area (Å²) in [7, 11) is 0. The van der Waals surface area contributed by atoms with Crippen LogP contribution in [0.1, 0.15) is 19.3 Å². The summed E-state index contributed by atoms with van der Waals surface area (Å²) < 4.78 is 0. The van der Waals surface area contributed by atoms with Crippen LogP contribution in [0.3, 0.4) is 0 Å².